The molecule has 2 rings (SSSR count). The number of nitrogens with zero attached hydrogens (tertiary/aromatic N) is 2. The zero-order valence-corrected chi connectivity index (χ0v) is 13.9. The van der Waals surface area contributed by atoms with Crippen LogP contribution in [0.4, 0.5) is 0 Å². The Morgan fingerprint density at radius 2 is 2.09 bits per heavy atom. The van der Waals surface area contributed by atoms with Crippen LogP contribution in [0.3, 0.4) is 0 Å². The second kappa shape index (κ2) is 8.58. The Labute approximate surface area is 136 Å². The molecule has 2 aliphatic rings. The lowest BCUT2D eigenvalue weighted by Gasteiger charge is -2.26. The van der Waals surface area contributed by atoms with Gasteiger partial charge in [-0.3, -0.25) is 14.5 Å². The molecule has 2 saturated heterocycles. The minimum Gasteiger partial charge on any atom is -0.388 e. The van der Waals surface area contributed by atoms with Crippen LogP contribution in [-0.4, -0.2) is 98.0 Å². The third kappa shape index (κ3) is 5.13. The Kier molecular flexibility index (Phi) is 6.76. The molecule has 0 aromatic rings. The topological polar surface area (TPSA) is 91.3 Å². The Hall–Kier alpha value is -1.22. The Morgan fingerprint density at radius 3 is 2.78 bits per heavy atom. The molecule has 8 heteroatoms. The molecule has 0 spiro atoms. The Morgan fingerprint density at radius 1 is 1.30 bits per heavy atom. The van der Waals surface area contributed by atoms with Gasteiger partial charge >= 0.3 is 0 Å². The minimum atomic E-state index is -0.733. The van der Waals surface area contributed by atoms with Gasteiger partial charge in [-0.25, -0.2) is 0 Å². The van der Waals surface area contributed by atoms with E-state index in [2.05, 4.69) is 10.2 Å². The highest BCUT2D eigenvalue weighted by atomic mass is 16.5. The number of amides is 2. The molecule has 0 radical (unpaired) electrons. The Bertz CT molecular complexity index is 420. The van der Waals surface area contributed by atoms with E-state index >= 15 is 0 Å². The van der Waals surface area contributed by atoms with E-state index in [0.29, 0.717) is 19.7 Å². The zero-order chi connectivity index (χ0) is 16.8. The molecule has 0 saturated carbocycles. The van der Waals surface area contributed by atoms with Gasteiger partial charge in [0.05, 0.1) is 18.8 Å². The van der Waals surface area contributed by atoms with Crippen molar-refractivity contribution in [3.63, 3.8) is 0 Å². The summed E-state index contributed by atoms with van der Waals surface area (Å²) in [6, 6.07) is -0.400. The average Bonchev–Trinajstić information content (AvgIpc) is 2.72. The number of ether oxygens (including phenoxy) is 2. The number of hydrogen-bond acceptors (Lipinski definition) is 6. The normalized spacial score (nSPS) is 29.3. The summed E-state index contributed by atoms with van der Waals surface area (Å²) < 4.78 is 10.4. The number of methoxy groups -OCH3 is 1. The Balaban J connectivity index is 1.79. The first-order valence-corrected chi connectivity index (χ1v) is 8.07. The fourth-order valence-electron chi connectivity index (χ4n) is 3.07. The average molecular weight is 329 g/mol. The van der Waals surface area contributed by atoms with E-state index in [1.54, 1.807) is 6.92 Å². The predicted octanol–water partition coefficient (Wildman–Crippen LogP) is -1.57. The summed E-state index contributed by atoms with van der Waals surface area (Å²) in [5.41, 5.74) is 0. The molecule has 2 heterocycles. The van der Waals surface area contributed by atoms with Crippen LogP contribution in [0.5, 0.6) is 0 Å². The van der Waals surface area contributed by atoms with Gasteiger partial charge in [0.15, 0.2) is 0 Å². The van der Waals surface area contributed by atoms with E-state index < -0.39 is 12.1 Å². The first-order chi connectivity index (χ1) is 11.0. The second-order valence-corrected chi connectivity index (χ2v) is 6.13. The van der Waals surface area contributed by atoms with Gasteiger partial charge in [0.1, 0.15) is 12.7 Å². The molecule has 0 aromatic carbocycles. The summed E-state index contributed by atoms with van der Waals surface area (Å²) in [5, 5.41) is 13.1. The van der Waals surface area contributed by atoms with E-state index in [4.69, 9.17) is 9.47 Å². The molecule has 2 N–H and O–H groups in total. The van der Waals surface area contributed by atoms with Crippen LogP contribution in [-0.2, 0) is 19.1 Å². The van der Waals surface area contributed by atoms with Crippen molar-refractivity contribution in [2.75, 3.05) is 53.0 Å². The van der Waals surface area contributed by atoms with E-state index in [-0.39, 0.29) is 24.5 Å². The smallest absolute Gasteiger partial charge is 0.246 e. The van der Waals surface area contributed by atoms with E-state index in [1.807, 2.05) is 4.90 Å². The molecule has 0 unspecified atom stereocenters. The number of carbonyl (C=O) groups is 2. The summed E-state index contributed by atoms with van der Waals surface area (Å²) in [4.78, 5) is 27.0. The molecule has 2 aliphatic heterocycles. The van der Waals surface area contributed by atoms with Gasteiger partial charge < -0.3 is 24.8 Å². The highest BCUT2D eigenvalue weighted by molar-refractivity contribution is 5.77. The van der Waals surface area contributed by atoms with Crippen molar-refractivity contribution in [1.29, 1.82) is 0 Å². The zero-order valence-electron chi connectivity index (χ0n) is 13.9. The molecule has 132 valence electrons. The van der Waals surface area contributed by atoms with Crippen molar-refractivity contribution in [1.82, 2.24) is 15.1 Å². The number of carbonyl (C=O) groups excluding carboxylic acids is 2. The highest BCUT2D eigenvalue weighted by Crippen LogP contribution is 2.17. The molecule has 3 atom stereocenters. The standard InChI is InChI=1S/C15H27N3O5/c1-11(19)18-5-3-4-17(6-7-18)8-13-15(21)12(9-23-13)16-14(20)10-22-2/h12-13,15,21H,3-10H2,1-2H3,(H,16,20)/t12-,13-,15+/m0/s1. The van der Waals surface area contributed by atoms with Crippen molar-refractivity contribution in [2.45, 2.75) is 31.6 Å². The quantitative estimate of drug-likeness (QED) is 0.633. The lowest BCUT2D eigenvalue weighted by molar-refractivity contribution is -0.128. The number of rotatable bonds is 5. The van der Waals surface area contributed by atoms with Gasteiger partial charge in [0, 0.05) is 40.2 Å². The SMILES string of the molecule is COCC(=O)N[C@H]1CO[C@@H](CN2CCCN(C(C)=O)CC2)[C@@H]1O. The largest absolute Gasteiger partial charge is 0.388 e. The van der Waals surface area contributed by atoms with E-state index in [9.17, 15) is 14.7 Å². The third-order valence-corrected chi connectivity index (χ3v) is 4.38. The van der Waals surface area contributed by atoms with Gasteiger partial charge in [-0.05, 0) is 13.0 Å². The minimum absolute atomic E-state index is 0.0269. The van der Waals surface area contributed by atoms with Crippen LogP contribution in [0.2, 0.25) is 0 Å². The van der Waals surface area contributed by atoms with Crippen molar-refractivity contribution in [3.8, 4) is 0 Å². The third-order valence-electron chi connectivity index (χ3n) is 4.38. The number of aliphatic hydroxyl groups excluding tert-OH is 1. The predicted molar refractivity (Wildman–Crippen MR) is 82.9 cm³/mol. The monoisotopic (exact) mass is 329 g/mol. The first-order valence-electron chi connectivity index (χ1n) is 8.07. The summed E-state index contributed by atoms with van der Waals surface area (Å²) in [5.74, 6) is -0.155. The summed E-state index contributed by atoms with van der Waals surface area (Å²) in [6.07, 6.45) is -0.147. The van der Waals surface area contributed by atoms with Crippen LogP contribution < -0.4 is 5.32 Å². The molecule has 2 fully saturated rings. The van der Waals surface area contributed by atoms with Crippen molar-refractivity contribution in [3.05, 3.63) is 0 Å². The molecular weight excluding hydrogens is 302 g/mol. The van der Waals surface area contributed by atoms with Crippen molar-refractivity contribution in [2.24, 2.45) is 0 Å². The summed E-state index contributed by atoms with van der Waals surface area (Å²) >= 11 is 0. The van der Waals surface area contributed by atoms with Crippen LogP contribution in [0, 0.1) is 0 Å². The van der Waals surface area contributed by atoms with Crippen LogP contribution >= 0.6 is 0 Å². The lowest BCUT2D eigenvalue weighted by Crippen LogP contribution is -2.48. The summed E-state index contributed by atoms with van der Waals surface area (Å²) in [6.45, 7) is 5.58. The van der Waals surface area contributed by atoms with Gasteiger partial charge in [0.25, 0.3) is 0 Å². The first kappa shape index (κ1) is 18.1. The maximum Gasteiger partial charge on any atom is 0.246 e. The molecule has 2 amide bonds. The van der Waals surface area contributed by atoms with E-state index in [0.717, 1.165) is 26.1 Å². The molecule has 8 nitrogen and oxygen atoms in total. The maximum atomic E-state index is 11.5. The lowest BCUT2D eigenvalue weighted by atomic mass is 10.1. The molecular formula is C15H27N3O5. The van der Waals surface area contributed by atoms with Crippen LogP contribution in [0.25, 0.3) is 0 Å². The van der Waals surface area contributed by atoms with Crippen molar-refractivity contribution < 1.29 is 24.2 Å². The molecule has 0 aromatic heterocycles. The summed E-state index contributed by atoms with van der Waals surface area (Å²) in [7, 11) is 1.45. The van der Waals surface area contributed by atoms with Crippen LogP contribution in [0.1, 0.15) is 13.3 Å². The number of nitrogens with one attached hydrogen (secondary N) is 1. The molecule has 0 bridgehead atoms. The maximum absolute atomic E-state index is 11.5. The number of aliphatic hydroxyl groups is 1. The van der Waals surface area contributed by atoms with Gasteiger partial charge in [-0.1, -0.05) is 0 Å². The molecule has 0 aliphatic carbocycles. The van der Waals surface area contributed by atoms with Crippen molar-refractivity contribution >= 4 is 11.8 Å². The van der Waals surface area contributed by atoms with Gasteiger partial charge in [-0.15, -0.1) is 0 Å². The fourth-order valence-corrected chi connectivity index (χ4v) is 3.07. The van der Waals surface area contributed by atoms with E-state index in [1.165, 1.54) is 7.11 Å². The highest BCUT2D eigenvalue weighted by Gasteiger charge is 2.37. The number of hydrogen-bond donors (Lipinski definition) is 2. The molecule has 23 heavy (non-hydrogen) atoms. The fraction of sp³-hybridized carbons (Fsp3) is 0.867. The second-order valence-electron chi connectivity index (χ2n) is 6.13. The van der Waals surface area contributed by atoms with Crippen LogP contribution in [0.15, 0.2) is 0 Å². The van der Waals surface area contributed by atoms with Gasteiger partial charge in [-0.2, -0.15) is 0 Å². The van der Waals surface area contributed by atoms with Gasteiger partial charge in [0.2, 0.25) is 11.8 Å².